The number of ether oxygens (including phenoxy) is 2. The third-order valence-electron chi connectivity index (χ3n) is 2.63. The molecule has 1 atom stereocenters. The number of imidazole rings is 1. The van der Waals surface area contributed by atoms with Gasteiger partial charge in [-0.05, 0) is 0 Å². The molecule has 1 unspecified atom stereocenters. The number of fused-ring (bicyclic) bond motifs is 1. The van der Waals surface area contributed by atoms with E-state index in [9.17, 15) is 9.59 Å². The Labute approximate surface area is 106 Å². The molecule has 18 heavy (non-hydrogen) atoms. The summed E-state index contributed by atoms with van der Waals surface area (Å²) in [7, 11) is 0. The minimum absolute atomic E-state index is 0.0676. The summed E-state index contributed by atoms with van der Waals surface area (Å²) in [4.78, 5) is 27.9. The van der Waals surface area contributed by atoms with Crippen molar-refractivity contribution < 1.29 is 19.1 Å². The minimum Gasteiger partial charge on any atom is -0.463 e. The van der Waals surface area contributed by atoms with E-state index in [0.717, 1.165) is 4.96 Å². The number of rotatable bonds is 3. The maximum Gasteiger partial charge on any atom is 0.347 e. The van der Waals surface area contributed by atoms with Crippen molar-refractivity contribution >= 4 is 28.2 Å². The van der Waals surface area contributed by atoms with Gasteiger partial charge in [0.2, 0.25) is 6.10 Å². The van der Waals surface area contributed by atoms with Crippen LogP contribution in [0.5, 0.6) is 0 Å². The number of nitrogens with zero attached hydrogens (tertiary/aromatic N) is 2. The topological polar surface area (TPSA) is 69.9 Å². The van der Waals surface area contributed by atoms with E-state index in [2.05, 4.69) is 4.98 Å². The van der Waals surface area contributed by atoms with Crippen molar-refractivity contribution in [2.24, 2.45) is 0 Å². The van der Waals surface area contributed by atoms with Crippen molar-refractivity contribution in [1.82, 2.24) is 9.38 Å². The molecular formula is C11H10N2O4S. The summed E-state index contributed by atoms with van der Waals surface area (Å²) in [5.41, 5.74) is 0.637. The Hall–Kier alpha value is -1.89. The fourth-order valence-corrected chi connectivity index (χ4v) is 2.51. The summed E-state index contributed by atoms with van der Waals surface area (Å²) >= 11 is 1.49. The Balaban J connectivity index is 1.63. The van der Waals surface area contributed by atoms with Crippen molar-refractivity contribution in [3.63, 3.8) is 0 Å². The molecule has 1 aliphatic heterocycles. The number of aromatic nitrogens is 2. The number of esters is 2. The molecule has 2 aromatic rings. The van der Waals surface area contributed by atoms with Gasteiger partial charge in [0.15, 0.2) is 4.96 Å². The summed E-state index contributed by atoms with van der Waals surface area (Å²) in [5.74, 6) is -0.918. The zero-order valence-corrected chi connectivity index (χ0v) is 10.2. The Morgan fingerprint density at radius 1 is 1.67 bits per heavy atom. The van der Waals surface area contributed by atoms with Gasteiger partial charge in [-0.1, -0.05) is 0 Å². The van der Waals surface area contributed by atoms with Crippen LogP contribution >= 0.6 is 11.3 Å². The molecule has 1 fully saturated rings. The lowest BCUT2D eigenvalue weighted by atomic mass is 10.3. The van der Waals surface area contributed by atoms with Gasteiger partial charge in [0.05, 0.1) is 18.7 Å². The van der Waals surface area contributed by atoms with E-state index >= 15 is 0 Å². The van der Waals surface area contributed by atoms with E-state index in [0.29, 0.717) is 18.7 Å². The van der Waals surface area contributed by atoms with Crippen molar-refractivity contribution in [3.8, 4) is 0 Å². The fourth-order valence-electron chi connectivity index (χ4n) is 1.79. The molecule has 0 aliphatic carbocycles. The number of hydrogen-bond acceptors (Lipinski definition) is 6. The van der Waals surface area contributed by atoms with E-state index in [-0.39, 0.29) is 6.42 Å². The van der Waals surface area contributed by atoms with Crippen LogP contribution in [0, 0.1) is 0 Å². The van der Waals surface area contributed by atoms with Crippen molar-refractivity contribution in [3.05, 3.63) is 23.5 Å². The monoisotopic (exact) mass is 266 g/mol. The first-order valence-corrected chi connectivity index (χ1v) is 6.37. The van der Waals surface area contributed by atoms with Gasteiger partial charge in [-0.3, -0.25) is 9.20 Å². The zero-order valence-electron chi connectivity index (χ0n) is 9.37. The first-order chi connectivity index (χ1) is 8.72. The predicted octanol–water partition coefficient (Wildman–Crippen LogP) is 0.797. The molecule has 0 aromatic carbocycles. The molecule has 0 radical (unpaired) electrons. The molecule has 1 saturated heterocycles. The summed E-state index contributed by atoms with van der Waals surface area (Å²) in [5, 5.41) is 1.92. The Kier molecular flexibility index (Phi) is 2.75. The van der Waals surface area contributed by atoms with Gasteiger partial charge in [-0.2, -0.15) is 0 Å². The number of cyclic esters (lactones) is 1. The second-order valence-corrected chi connectivity index (χ2v) is 4.81. The van der Waals surface area contributed by atoms with Crippen LogP contribution in [0.15, 0.2) is 17.8 Å². The molecule has 0 spiro atoms. The molecule has 0 saturated carbocycles. The standard InChI is InChI=1S/C11H10N2O4S/c14-9(17-8-1-3-16-10(8)15)5-7-6-13-2-4-18-11(13)12-7/h2,4,6,8H,1,3,5H2. The molecule has 0 amide bonds. The second kappa shape index (κ2) is 4.41. The summed E-state index contributed by atoms with van der Waals surface area (Å²) < 4.78 is 11.6. The molecule has 3 heterocycles. The van der Waals surface area contributed by atoms with Crippen molar-refractivity contribution in [2.45, 2.75) is 18.9 Å². The van der Waals surface area contributed by atoms with Crippen LogP contribution in [-0.2, 0) is 25.5 Å². The highest BCUT2D eigenvalue weighted by Gasteiger charge is 2.30. The molecule has 3 rings (SSSR count). The average Bonchev–Trinajstić information content (AvgIpc) is 2.96. The minimum atomic E-state index is -0.749. The Morgan fingerprint density at radius 3 is 3.28 bits per heavy atom. The maximum atomic E-state index is 11.6. The van der Waals surface area contributed by atoms with E-state index in [1.165, 1.54) is 11.3 Å². The third kappa shape index (κ3) is 2.08. The van der Waals surface area contributed by atoms with Gasteiger partial charge in [0, 0.05) is 24.2 Å². The summed E-state index contributed by atoms with van der Waals surface area (Å²) in [6.45, 7) is 0.316. The first-order valence-electron chi connectivity index (χ1n) is 5.49. The highest BCUT2D eigenvalue weighted by molar-refractivity contribution is 7.15. The van der Waals surface area contributed by atoms with E-state index in [1.54, 1.807) is 6.20 Å². The van der Waals surface area contributed by atoms with Gasteiger partial charge >= 0.3 is 11.9 Å². The molecule has 0 N–H and O–H groups in total. The SMILES string of the molecule is O=C(Cc1cn2ccsc2n1)OC1CCOC1=O. The molecule has 1 aliphatic rings. The lowest BCUT2D eigenvalue weighted by molar-refractivity contribution is -0.159. The van der Waals surface area contributed by atoms with Crippen LogP contribution in [0.25, 0.3) is 4.96 Å². The summed E-state index contributed by atoms with van der Waals surface area (Å²) in [6.07, 6.45) is 3.40. The van der Waals surface area contributed by atoms with Crippen LogP contribution < -0.4 is 0 Å². The molecule has 0 bridgehead atoms. The first kappa shape index (κ1) is 11.2. The van der Waals surface area contributed by atoms with Crippen LogP contribution in [0.3, 0.4) is 0 Å². The van der Waals surface area contributed by atoms with E-state index < -0.39 is 18.0 Å². The van der Waals surface area contributed by atoms with Crippen LogP contribution in [0.1, 0.15) is 12.1 Å². The molecule has 94 valence electrons. The van der Waals surface area contributed by atoms with E-state index in [4.69, 9.17) is 9.47 Å². The molecule has 6 nitrogen and oxygen atoms in total. The Bertz CT molecular complexity index is 574. The molecule has 2 aromatic heterocycles. The highest BCUT2D eigenvalue weighted by atomic mass is 32.1. The molecular weight excluding hydrogens is 256 g/mol. The Morgan fingerprint density at radius 2 is 2.56 bits per heavy atom. The number of carbonyl (C=O) groups excluding carboxylic acids is 2. The maximum absolute atomic E-state index is 11.6. The fraction of sp³-hybridized carbons (Fsp3) is 0.364. The van der Waals surface area contributed by atoms with E-state index in [1.807, 2.05) is 16.0 Å². The van der Waals surface area contributed by atoms with Crippen LogP contribution in [-0.4, -0.2) is 34.0 Å². The van der Waals surface area contributed by atoms with Crippen molar-refractivity contribution in [1.29, 1.82) is 0 Å². The average molecular weight is 266 g/mol. The third-order valence-corrected chi connectivity index (χ3v) is 3.40. The van der Waals surface area contributed by atoms with Gasteiger partial charge < -0.3 is 9.47 Å². The lowest BCUT2D eigenvalue weighted by Crippen LogP contribution is -2.23. The number of carbonyl (C=O) groups is 2. The number of thiazole rings is 1. The van der Waals surface area contributed by atoms with Gasteiger partial charge in [0.25, 0.3) is 0 Å². The van der Waals surface area contributed by atoms with Crippen LogP contribution in [0.2, 0.25) is 0 Å². The highest BCUT2D eigenvalue weighted by Crippen LogP contribution is 2.14. The van der Waals surface area contributed by atoms with Crippen molar-refractivity contribution in [2.75, 3.05) is 6.61 Å². The predicted molar refractivity (Wildman–Crippen MR) is 62.2 cm³/mol. The zero-order chi connectivity index (χ0) is 12.5. The van der Waals surface area contributed by atoms with Gasteiger partial charge in [0.1, 0.15) is 0 Å². The largest absolute Gasteiger partial charge is 0.463 e. The smallest absolute Gasteiger partial charge is 0.347 e. The van der Waals surface area contributed by atoms with Crippen LogP contribution in [0.4, 0.5) is 0 Å². The normalized spacial score (nSPS) is 19.1. The second-order valence-electron chi connectivity index (χ2n) is 3.94. The lowest BCUT2D eigenvalue weighted by Gasteiger charge is -2.06. The number of hydrogen-bond donors (Lipinski definition) is 0. The quantitative estimate of drug-likeness (QED) is 0.768. The molecule has 7 heteroatoms. The van der Waals surface area contributed by atoms with Gasteiger partial charge in [-0.15, -0.1) is 11.3 Å². The summed E-state index contributed by atoms with van der Waals surface area (Å²) in [6, 6.07) is 0. The van der Waals surface area contributed by atoms with Gasteiger partial charge in [-0.25, -0.2) is 9.78 Å².